The molecule has 12 nitrogen and oxygen atoms in total. The summed E-state index contributed by atoms with van der Waals surface area (Å²) in [6.07, 6.45) is 2.94. The highest BCUT2D eigenvalue weighted by Crippen LogP contribution is 2.19. The molecule has 3 N–H and O–H groups in total. The molecule has 156 valence electrons. The summed E-state index contributed by atoms with van der Waals surface area (Å²) in [5, 5.41) is 7.88. The fourth-order valence-electron chi connectivity index (χ4n) is 3.36. The number of H-pyrrole nitrogens is 2. The molecular formula is C18H18N6O6. The summed E-state index contributed by atoms with van der Waals surface area (Å²) in [5.74, 6) is -1.72. The van der Waals surface area contributed by atoms with Gasteiger partial charge < -0.3 is 14.6 Å². The molecule has 1 fully saturated rings. The van der Waals surface area contributed by atoms with Crippen molar-refractivity contribution in [3.8, 4) is 0 Å². The molecule has 0 spiro atoms. The lowest BCUT2D eigenvalue weighted by Gasteiger charge is -2.26. The van der Waals surface area contributed by atoms with Gasteiger partial charge in [0.25, 0.3) is 11.5 Å². The lowest BCUT2D eigenvalue weighted by Crippen LogP contribution is -2.39. The standard InChI is InChI=1S/C18H18N6O6/c25-13(23-6-2-1-3-7-23)9-24-11-8-10(4-5-12(11)30-18(24)29)19-15(26)14-16(27)20-17(28)22-21-14/h4-5,8H,1-3,6-7,9H2,(H,19,26)(H2,20,22,27,28). The molecule has 3 heterocycles. The Labute approximate surface area is 167 Å². The van der Waals surface area contributed by atoms with Gasteiger partial charge in [0.05, 0.1) is 5.52 Å². The van der Waals surface area contributed by atoms with Gasteiger partial charge in [-0.15, -0.1) is 0 Å². The van der Waals surface area contributed by atoms with E-state index in [-0.39, 0.29) is 23.7 Å². The smallest absolute Gasteiger partial charge is 0.408 e. The maximum absolute atomic E-state index is 12.6. The number of piperidine rings is 1. The number of amides is 2. The molecule has 3 aromatic rings. The lowest BCUT2D eigenvalue weighted by molar-refractivity contribution is -0.132. The van der Waals surface area contributed by atoms with Crippen LogP contribution in [0.25, 0.3) is 11.1 Å². The van der Waals surface area contributed by atoms with E-state index in [0.717, 1.165) is 19.3 Å². The number of hydrogen-bond donors (Lipinski definition) is 3. The zero-order chi connectivity index (χ0) is 21.3. The molecule has 0 radical (unpaired) electrons. The number of anilines is 1. The first-order valence-corrected chi connectivity index (χ1v) is 9.34. The van der Waals surface area contributed by atoms with Crippen LogP contribution >= 0.6 is 0 Å². The van der Waals surface area contributed by atoms with Crippen LogP contribution in [0.3, 0.4) is 0 Å². The van der Waals surface area contributed by atoms with E-state index < -0.39 is 28.6 Å². The van der Waals surface area contributed by atoms with Crippen molar-refractivity contribution >= 4 is 28.6 Å². The number of aromatic nitrogens is 4. The normalized spacial score (nSPS) is 14.1. The summed E-state index contributed by atoms with van der Waals surface area (Å²) in [4.78, 5) is 63.4. The highest BCUT2D eigenvalue weighted by atomic mass is 16.4. The van der Waals surface area contributed by atoms with Crippen LogP contribution in [0.15, 0.2) is 37.0 Å². The molecule has 2 aromatic heterocycles. The quantitative estimate of drug-likeness (QED) is 0.524. The van der Waals surface area contributed by atoms with Crippen LogP contribution < -0.4 is 22.3 Å². The zero-order valence-corrected chi connectivity index (χ0v) is 15.8. The van der Waals surface area contributed by atoms with Crippen LogP contribution in [0, 0.1) is 0 Å². The number of benzene rings is 1. The third-order valence-electron chi connectivity index (χ3n) is 4.85. The summed E-state index contributed by atoms with van der Waals surface area (Å²) < 4.78 is 6.38. The average Bonchev–Trinajstić information content (AvgIpc) is 3.03. The number of carbonyl (C=O) groups excluding carboxylic acids is 2. The fourth-order valence-corrected chi connectivity index (χ4v) is 3.36. The van der Waals surface area contributed by atoms with E-state index in [1.165, 1.54) is 22.8 Å². The van der Waals surface area contributed by atoms with Gasteiger partial charge in [0.2, 0.25) is 11.6 Å². The number of nitrogens with zero attached hydrogens (tertiary/aromatic N) is 3. The first-order valence-electron chi connectivity index (χ1n) is 9.34. The molecule has 12 heteroatoms. The Morgan fingerprint density at radius 2 is 1.90 bits per heavy atom. The largest absolute Gasteiger partial charge is 0.420 e. The molecule has 2 amide bonds. The Bertz CT molecular complexity index is 1290. The minimum Gasteiger partial charge on any atom is -0.408 e. The Balaban J connectivity index is 1.60. The van der Waals surface area contributed by atoms with Crippen molar-refractivity contribution in [3.63, 3.8) is 0 Å². The van der Waals surface area contributed by atoms with E-state index in [2.05, 4.69) is 10.4 Å². The number of carbonyl (C=O) groups is 2. The second kappa shape index (κ2) is 7.81. The van der Waals surface area contributed by atoms with E-state index in [9.17, 15) is 24.0 Å². The first-order chi connectivity index (χ1) is 14.4. The van der Waals surface area contributed by atoms with Crippen molar-refractivity contribution < 1.29 is 14.0 Å². The third-order valence-corrected chi connectivity index (χ3v) is 4.85. The Hall–Kier alpha value is -3.96. The number of fused-ring (bicyclic) bond motifs is 1. The second-order valence-corrected chi connectivity index (χ2v) is 6.89. The van der Waals surface area contributed by atoms with Gasteiger partial charge in [-0.3, -0.25) is 23.9 Å². The van der Waals surface area contributed by atoms with Crippen LogP contribution in [0.1, 0.15) is 29.8 Å². The maximum atomic E-state index is 12.6. The number of oxazole rings is 1. The third kappa shape index (κ3) is 3.79. The summed E-state index contributed by atoms with van der Waals surface area (Å²) in [5.41, 5.74) is -1.47. The van der Waals surface area contributed by atoms with E-state index in [1.54, 1.807) is 4.90 Å². The van der Waals surface area contributed by atoms with E-state index in [1.807, 2.05) is 10.1 Å². The molecular weight excluding hydrogens is 396 g/mol. The SMILES string of the molecule is O=C(Nc1ccc2oc(=O)n(CC(=O)N3CCCCC3)c2c1)c1n[nH]c(=O)[nH]c1=O. The number of likely N-dealkylation sites (tertiary alicyclic amines) is 1. The molecule has 30 heavy (non-hydrogen) atoms. The minimum atomic E-state index is -0.940. The fraction of sp³-hybridized carbons (Fsp3) is 0.333. The molecule has 1 aliphatic rings. The summed E-state index contributed by atoms with van der Waals surface area (Å²) in [7, 11) is 0. The highest BCUT2D eigenvalue weighted by Gasteiger charge is 2.20. The predicted molar refractivity (Wildman–Crippen MR) is 104 cm³/mol. The van der Waals surface area contributed by atoms with Crippen molar-refractivity contribution in [1.82, 2.24) is 24.6 Å². The van der Waals surface area contributed by atoms with Crippen LogP contribution in [0.4, 0.5) is 5.69 Å². The number of hydrogen-bond acceptors (Lipinski definition) is 7. The van der Waals surface area contributed by atoms with Crippen LogP contribution in [0.2, 0.25) is 0 Å². The predicted octanol–water partition coefficient (Wildman–Crippen LogP) is -0.369. The molecule has 0 atom stereocenters. The topological polar surface area (TPSA) is 163 Å². The minimum absolute atomic E-state index is 0.176. The number of rotatable bonds is 4. The van der Waals surface area contributed by atoms with E-state index >= 15 is 0 Å². The van der Waals surface area contributed by atoms with Crippen LogP contribution in [-0.2, 0) is 11.3 Å². The number of nitrogens with one attached hydrogen (secondary N) is 3. The molecule has 0 unspecified atom stereocenters. The van der Waals surface area contributed by atoms with Crippen molar-refractivity contribution in [3.05, 3.63) is 55.3 Å². The average molecular weight is 414 g/mol. The summed E-state index contributed by atoms with van der Waals surface area (Å²) in [6.45, 7) is 1.14. The molecule has 1 aromatic carbocycles. The van der Waals surface area contributed by atoms with Crippen LogP contribution in [0.5, 0.6) is 0 Å². The van der Waals surface area contributed by atoms with Gasteiger partial charge in [-0.1, -0.05) is 0 Å². The summed E-state index contributed by atoms with van der Waals surface area (Å²) in [6, 6.07) is 4.40. The first kappa shape index (κ1) is 19.4. The van der Waals surface area contributed by atoms with Crippen molar-refractivity contribution in [2.45, 2.75) is 25.8 Å². The van der Waals surface area contributed by atoms with Crippen LogP contribution in [-0.4, -0.2) is 49.6 Å². The molecule has 4 rings (SSSR count). The Morgan fingerprint density at radius 1 is 1.13 bits per heavy atom. The number of aromatic amines is 2. The maximum Gasteiger partial charge on any atom is 0.420 e. The van der Waals surface area contributed by atoms with Gasteiger partial charge >= 0.3 is 11.4 Å². The van der Waals surface area contributed by atoms with Gasteiger partial charge in [-0.05, 0) is 37.5 Å². The van der Waals surface area contributed by atoms with Gasteiger partial charge in [0.15, 0.2) is 5.58 Å². The molecule has 1 aliphatic heterocycles. The van der Waals surface area contributed by atoms with Crippen molar-refractivity contribution in [2.75, 3.05) is 18.4 Å². The van der Waals surface area contributed by atoms with Gasteiger partial charge in [-0.25, -0.2) is 14.7 Å². The molecule has 0 aliphatic carbocycles. The lowest BCUT2D eigenvalue weighted by atomic mass is 10.1. The van der Waals surface area contributed by atoms with Gasteiger partial charge in [0, 0.05) is 18.8 Å². The molecule has 1 saturated heterocycles. The van der Waals surface area contributed by atoms with Gasteiger partial charge in [0.1, 0.15) is 6.54 Å². The van der Waals surface area contributed by atoms with Crippen molar-refractivity contribution in [2.24, 2.45) is 0 Å². The highest BCUT2D eigenvalue weighted by molar-refractivity contribution is 6.03. The Kier molecular flexibility index (Phi) is 5.04. The monoisotopic (exact) mass is 414 g/mol. The van der Waals surface area contributed by atoms with Crippen molar-refractivity contribution in [1.29, 1.82) is 0 Å². The zero-order valence-electron chi connectivity index (χ0n) is 15.8. The molecule has 0 saturated carbocycles. The van der Waals surface area contributed by atoms with Gasteiger partial charge in [-0.2, -0.15) is 5.10 Å². The second-order valence-electron chi connectivity index (χ2n) is 6.89. The van der Waals surface area contributed by atoms with E-state index in [4.69, 9.17) is 4.42 Å². The summed E-state index contributed by atoms with van der Waals surface area (Å²) >= 11 is 0. The molecule has 0 bridgehead atoms. The Morgan fingerprint density at radius 3 is 2.63 bits per heavy atom. The van der Waals surface area contributed by atoms with E-state index in [0.29, 0.717) is 18.6 Å².